The summed E-state index contributed by atoms with van der Waals surface area (Å²) in [5, 5.41) is 2.90. The average Bonchev–Trinajstić information content (AvgIpc) is 2.82. The standard InChI is InChI=1S/C16H20N2O2/c1-11-8-13(4-3-7-17)10-14(9-11)18-16(19)15-6-5-12(2)20-15/h8-10,12,15H,5-7,17H2,1-2H3,(H,18,19). The second-order valence-electron chi connectivity index (χ2n) is 5.10. The number of rotatable bonds is 2. The summed E-state index contributed by atoms with van der Waals surface area (Å²) in [5.41, 5.74) is 8.02. The molecule has 2 unspecified atom stereocenters. The fraction of sp³-hybridized carbons (Fsp3) is 0.438. The van der Waals surface area contributed by atoms with Gasteiger partial charge >= 0.3 is 0 Å². The molecule has 2 rings (SSSR count). The summed E-state index contributed by atoms with van der Waals surface area (Å²) in [4.78, 5) is 12.1. The number of aryl methyl sites for hydroxylation is 1. The van der Waals surface area contributed by atoms with Gasteiger partial charge in [0.2, 0.25) is 0 Å². The van der Waals surface area contributed by atoms with E-state index >= 15 is 0 Å². The predicted molar refractivity (Wildman–Crippen MR) is 79.3 cm³/mol. The van der Waals surface area contributed by atoms with Gasteiger partial charge in [-0.3, -0.25) is 4.79 Å². The van der Waals surface area contributed by atoms with Gasteiger partial charge in [0.05, 0.1) is 12.6 Å². The summed E-state index contributed by atoms with van der Waals surface area (Å²) in [6.07, 6.45) is 1.52. The molecule has 4 nitrogen and oxygen atoms in total. The Balaban J connectivity index is 2.08. The second-order valence-corrected chi connectivity index (χ2v) is 5.10. The molecule has 0 aromatic heterocycles. The number of ether oxygens (including phenoxy) is 1. The molecule has 0 radical (unpaired) electrons. The summed E-state index contributed by atoms with van der Waals surface area (Å²) in [6, 6.07) is 5.74. The first-order chi connectivity index (χ1) is 9.58. The van der Waals surface area contributed by atoms with Gasteiger partial charge in [0.25, 0.3) is 5.91 Å². The summed E-state index contributed by atoms with van der Waals surface area (Å²) < 4.78 is 5.56. The Morgan fingerprint density at radius 2 is 2.25 bits per heavy atom. The maximum absolute atomic E-state index is 12.1. The Morgan fingerprint density at radius 3 is 2.90 bits per heavy atom. The lowest BCUT2D eigenvalue weighted by atomic mass is 10.1. The highest BCUT2D eigenvalue weighted by molar-refractivity contribution is 5.94. The Labute approximate surface area is 119 Å². The van der Waals surface area contributed by atoms with Crippen LogP contribution in [0.2, 0.25) is 0 Å². The minimum absolute atomic E-state index is 0.0855. The van der Waals surface area contributed by atoms with E-state index in [1.165, 1.54) is 0 Å². The molecule has 20 heavy (non-hydrogen) atoms. The van der Waals surface area contributed by atoms with Crippen LogP contribution in [0.4, 0.5) is 5.69 Å². The third kappa shape index (κ3) is 3.83. The molecule has 4 heteroatoms. The van der Waals surface area contributed by atoms with E-state index in [1.807, 2.05) is 32.0 Å². The number of hydrogen-bond donors (Lipinski definition) is 2. The Bertz CT molecular complexity index is 557. The molecule has 3 N–H and O–H groups in total. The van der Waals surface area contributed by atoms with Crippen molar-refractivity contribution in [2.45, 2.75) is 38.9 Å². The number of carbonyl (C=O) groups is 1. The molecule has 1 fully saturated rings. The van der Waals surface area contributed by atoms with E-state index in [1.54, 1.807) is 0 Å². The maximum atomic E-state index is 12.1. The topological polar surface area (TPSA) is 64.3 Å². The van der Waals surface area contributed by atoms with Gasteiger partial charge in [-0.15, -0.1) is 0 Å². The molecule has 1 saturated heterocycles. The van der Waals surface area contributed by atoms with Crippen LogP contribution in [0.15, 0.2) is 18.2 Å². The van der Waals surface area contributed by atoms with Crippen LogP contribution in [0.3, 0.4) is 0 Å². The van der Waals surface area contributed by atoms with Crippen LogP contribution < -0.4 is 11.1 Å². The van der Waals surface area contributed by atoms with Crippen molar-refractivity contribution in [3.63, 3.8) is 0 Å². The largest absolute Gasteiger partial charge is 0.365 e. The monoisotopic (exact) mass is 272 g/mol. The normalized spacial score (nSPS) is 21.1. The molecule has 1 aromatic carbocycles. The van der Waals surface area contributed by atoms with Gasteiger partial charge in [-0.1, -0.05) is 11.8 Å². The fourth-order valence-electron chi connectivity index (χ4n) is 2.30. The van der Waals surface area contributed by atoms with Crippen molar-refractivity contribution in [2.75, 3.05) is 11.9 Å². The van der Waals surface area contributed by atoms with Crippen molar-refractivity contribution >= 4 is 11.6 Å². The number of carbonyl (C=O) groups excluding carboxylic acids is 1. The summed E-state index contributed by atoms with van der Waals surface area (Å²) in [6.45, 7) is 4.28. The zero-order valence-corrected chi connectivity index (χ0v) is 11.9. The highest BCUT2D eigenvalue weighted by Crippen LogP contribution is 2.21. The van der Waals surface area contributed by atoms with E-state index in [0.717, 1.165) is 29.7 Å². The molecule has 0 bridgehead atoms. The van der Waals surface area contributed by atoms with Crippen LogP contribution >= 0.6 is 0 Å². The van der Waals surface area contributed by atoms with E-state index in [0.29, 0.717) is 6.54 Å². The van der Waals surface area contributed by atoms with Gasteiger partial charge < -0.3 is 15.8 Å². The molecule has 1 aliphatic heterocycles. The van der Waals surface area contributed by atoms with Crippen molar-refractivity contribution in [3.05, 3.63) is 29.3 Å². The van der Waals surface area contributed by atoms with Gasteiger partial charge in [-0.2, -0.15) is 0 Å². The lowest BCUT2D eigenvalue weighted by molar-refractivity contribution is -0.126. The summed E-state index contributed by atoms with van der Waals surface area (Å²) in [5.74, 6) is 5.71. The second kappa shape index (κ2) is 6.56. The van der Waals surface area contributed by atoms with Crippen molar-refractivity contribution < 1.29 is 9.53 Å². The van der Waals surface area contributed by atoms with Crippen LogP contribution in [0.5, 0.6) is 0 Å². The summed E-state index contributed by atoms with van der Waals surface area (Å²) in [7, 11) is 0. The molecule has 2 atom stereocenters. The third-order valence-electron chi connectivity index (χ3n) is 3.20. The van der Waals surface area contributed by atoms with Crippen LogP contribution in [0, 0.1) is 18.8 Å². The first kappa shape index (κ1) is 14.6. The molecule has 0 aliphatic carbocycles. The molecule has 1 aromatic rings. The predicted octanol–water partition coefficient (Wildman–Crippen LogP) is 1.81. The number of anilines is 1. The van der Waals surface area contributed by atoms with Gasteiger partial charge in [0, 0.05) is 11.3 Å². The molecule has 1 heterocycles. The Morgan fingerprint density at radius 1 is 1.45 bits per heavy atom. The van der Waals surface area contributed by atoms with Crippen molar-refractivity contribution in [3.8, 4) is 11.8 Å². The van der Waals surface area contributed by atoms with Crippen LogP contribution in [0.25, 0.3) is 0 Å². The number of hydrogen-bond acceptors (Lipinski definition) is 3. The molecule has 0 spiro atoms. The van der Waals surface area contributed by atoms with E-state index < -0.39 is 0 Å². The van der Waals surface area contributed by atoms with Crippen LogP contribution in [-0.2, 0) is 9.53 Å². The Kier molecular flexibility index (Phi) is 4.78. The molecule has 1 aliphatic rings. The van der Waals surface area contributed by atoms with Gasteiger partial charge in [-0.05, 0) is 50.5 Å². The average molecular weight is 272 g/mol. The zero-order valence-electron chi connectivity index (χ0n) is 11.9. The van der Waals surface area contributed by atoms with E-state index in [-0.39, 0.29) is 18.1 Å². The fourth-order valence-corrected chi connectivity index (χ4v) is 2.30. The van der Waals surface area contributed by atoms with E-state index in [2.05, 4.69) is 17.2 Å². The summed E-state index contributed by atoms with van der Waals surface area (Å²) >= 11 is 0. The van der Waals surface area contributed by atoms with Crippen molar-refractivity contribution in [2.24, 2.45) is 5.73 Å². The lowest BCUT2D eigenvalue weighted by Crippen LogP contribution is -2.27. The molecule has 1 amide bonds. The van der Waals surface area contributed by atoms with E-state index in [4.69, 9.17) is 10.5 Å². The van der Waals surface area contributed by atoms with Crippen LogP contribution in [0.1, 0.15) is 30.9 Å². The third-order valence-corrected chi connectivity index (χ3v) is 3.20. The number of nitrogens with two attached hydrogens (primary N) is 1. The minimum Gasteiger partial charge on any atom is -0.365 e. The number of benzene rings is 1. The smallest absolute Gasteiger partial charge is 0.253 e. The quantitative estimate of drug-likeness (QED) is 0.807. The first-order valence-electron chi connectivity index (χ1n) is 6.85. The Hall–Kier alpha value is -1.83. The molecule has 0 saturated carbocycles. The van der Waals surface area contributed by atoms with Crippen molar-refractivity contribution in [1.29, 1.82) is 0 Å². The van der Waals surface area contributed by atoms with E-state index in [9.17, 15) is 4.79 Å². The lowest BCUT2D eigenvalue weighted by Gasteiger charge is -2.12. The zero-order chi connectivity index (χ0) is 14.5. The highest BCUT2D eigenvalue weighted by Gasteiger charge is 2.28. The molecule has 106 valence electrons. The maximum Gasteiger partial charge on any atom is 0.253 e. The van der Waals surface area contributed by atoms with Crippen molar-refractivity contribution in [1.82, 2.24) is 0 Å². The number of nitrogens with one attached hydrogen (secondary N) is 1. The first-order valence-corrected chi connectivity index (χ1v) is 6.85. The van der Waals surface area contributed by atoms with Crippen LogP contribution in [-0.4, -0.2) is 24.7 Å². The SMILES string of the molecule is Cc1cc(C#CCN)cc(NC(=O)C2CCC(C)O2)c1. The minimum atomic E-state index is -0.343. The van der Waals surface area contributed by atoms with Gasteiger partial charge in [0.15, 0.2) is 0 Å². The van der Waals surface area contributed by atoms with Gasteiger partial charge in [-0.25, -0.2) is 0 Å². The van der Waals surface area contributed by atoms with Gasteiger partial charge in [0.1, 0.15) is 6.10 Å². The molecular weight excluding hydrogens is 252 g/mol. The highest BCUT2D eigenvalue weighted by atomic mass is 16.5. The number of amides is 1. The molecular formula is C16H20N2O2.